The molecule has 0 spiro atoms. The number of rotatable bonds is 3. The van der Waals surface area contributed by atoms with Gasteiger partial charge in [0.15, 0.2) is 5.65 Å². The first kappa shape index (κ1) is 15.8. The Morgan fingerprint density at radius 2 is 2.04 bits per heavy atom. The molecule has 0 amide bonds. The highest BCUT2D eigenvalue weighted by Gasteiger charge is 2.24. The van der Waals surface area contributed by atoms with E-state index < -0.39 is 0 Å². The van der Waals surface area contributed by atoms with E-state index in [9.17, 15) is 0 Å². The van der Waals surface area contributed by atoms with Crippen molar-refractivity contribution in [2.45, 2.75) is 32.2 Å². The highest BCUT2D eigenvalue weighted by molar-refractivity contribution is 9.10. The Hall–Kier alpha value is -1.72. The molecule has 0 aliphatic carbocycles. The molecule has 0 bridgehead atoms. The highest BCUT2D eigenvalue weighted by atomic mass is 79.9. The lowest BCUT2D eigenvalue weighted by molar-refractivity contribution is 0.197. The Kier molecular flexibility index (Phi) is 4.37. The molecule has 0 N–H and O–H groups in total. The SMILES string of the molecule is Cc1nn2c(C3CCCN(Cc4ccccc4)C3)ccnc2c1Br. The minimum absolute atomic E-state index is 0.499. The Bertz CT molecular complexity index is 843. The lowest BCUT2D eigenvalue weighted by Crippen LogP contribution is -2.34. The minimum atomic E-state index is 0.499. The number of hydrogen-bond acceptors (Lipinski definition) is 3. The van der Waals surface area contributed by atoms with Crippen LogP contribution >= 0.6 is 15.9 Å². The van der Waals surface area contributed by atoms with E-state index >= 15 is 0 Å². The molecule has 3 aromatic rings. The Morgan fingerprint density at radius 1 is 1.21 bits per heavy atom. The van der Waals surface area contributed by atoms with Crippen LogP contribution in [0.1, 0.15) is 35.7 Å². The lowest BCUT2D eigenvalue weighted by atomic mass is 9.94. The summed E-state index contributed by atoms with van der Waals surface area (Å²) in [6.07, 6.45) is 4.34. The van der Waals surface area contributed by atoms with Crippen molar-refractivity contribution in [2.24, 2.45) is 0 Å². The third-order valence-electron chi connectivity index (χ3n) is 4.82. The van der Waals surface area contributed by atoms with Gasteiger partial charge < -0.3 is 0 Å². The van der Waals surface area contributed by atoms with Gasteiger partial charge in [-0.2, -0.15) is 5.10 Å². The van der Waals surface area contributed by atoms with Gasteiger partial charge in [0.25, 0.3) is 0 Å². The number of benzene rings is 1. The van der Waals surface area contributed by atoms with Crippen molar-refractivity contribution in [3.8, 4) is 0 Å². The number of hydrogen-bond donors (Lipinski definition) is 0. The summed E-state index contributed by atoms with van der Waals surface area (Å²) in [5.74, 6) is 0.499. The predicted octanol–water partition coefficient (Wildman–Crippen LogP) is 4.18. The number of fused-ring (bicyclic) bond motifs is 1. The van der Waals surface area contributed by atoms with E-state index in [4.69, 9.17) is 0 Å². The summed E-state index contributed by atoms with van der Waals surface area (Å²) < 4.78 is 3.03. The van der Waals surface area contributed by atoms with E-state index in [1.165, 1.54) is 30.6 Å². The monoisotopic (exact) mass is 384 g/mol. The molecule has 1 saturated heterocycles. The number of piperidine rings is 1. The second-order valence-corrected chi connectivity index (χ2v) is 7.36. The van der Waals surface area contributed by atoms with Gasteiger partial charge in [0.1, 0.15) is 0 Å². The maximum Gasteiger partial charge on any atom is 0.169 e. The van der Waals surface area contributed by atoms with Crippen LogP contribution in [0.25, 0.3) is 5.65 Å². The molecule has 0 radical (unpaired) electrons. The zero-order chi connectivity index (χ0) is 16.5. The van der Waals surface area contributed by atoms with Gasteiger partial charge in [0.2, 0.25) is 0 Å². The summed E-state index contributed by atoms with van der Waals surface area (Å²) in [6.45, 7) is 5.28. The van der Waals surface area contributed by atoms with Gasteiger partial charge in [0.05, 0.1) is 15.9 Å². The molecule has 1 atom stereocenters. The maximum absolute atomic E-state index is 4.69. The van der Waals surface area contributed by atoms with E-state index in [2.05, 4.69) is 67.3 Å². The van der Waals surface area contributed by atoms with E-state index in [1.54, 1.807) is 0 Å². The molecule has 0 saturated carbocycles. The quantitative estimate of drug-likeness (QED) is 0.678. The average molecular weight is 385 g/mol. The van der Waals surface area contributed by atoms with E-state index in [0.717, 1.165) is 28.9 Å². The van der Waals surface area contributed by atoms with Gasteiger partial charge in [-0.1, -0.05) is 30.3 Å². The standard InChI is InChI=1S/C19H21BrN4/c1-14-18(20)19-21-10-9-17(24(19)22-14)16-8-5-11-23(13-16)12-15-6-3-2-4-7-15/h2-4,6-7,9-10,16H,5,8,11-13H2,1H3. The summed E-state index contributed by atoms with van der Waals surface area (Å²) in [5.41, 5.74) is 4.57. The summed E-state index contributed by atoms with van der Waals surface area (Å²) in [6, 6.07) is 12.9. The van der Waals surface area contributed by atoms with Gasteiger partial charge in [-0.05, 0) is 53.9 Å². The Balaban J connectivity index is 1.59. The van der Waals surface area contributed by atoms with Crippen LogP contribution < -0.4 is 0 Å². The number of halogens is 1. The van der Waals surface area contributed by atoms with Crippen LogP contribution in [-0.2, 0) is 6.54 Å². The van der Waals surface area contributed by atoms with Crippen LogP contribution in [0, 0.1) is 6.92 Å². The van der Waals surface area contributed by atoms with Gasteiger partial charge in [0, 0.05) is 25.2 Å². The first-order valence-corrected chi connectivity index (χ1v) is 9.27. The molecule has 4 nitrogen and oxygen atoms in total. The third-order valence-corrected chi connectivity index (χ3v) is 5.75. The molecule has 124 valence electrons. The fraction of sp³-hybridized carbons (Fsp3) is 0.368. The van der Waals surface area contributed by atoms with Gasteiger partial charge in [-0.3, -0.25) is 4.90 Å². The van der Waals surface area contributed by atoms with Crippen molar-refractivity contribution in [1.29, 1.82) is 0 Å². The fourth-order valence-electron chi connectivity index (χ4n) is 3.63. The van der Waals surface area contributed by atoms with E-state index in [1.807, 2.05) is 17.6 Å². The lowest BCUT2D eigenvalue weighted by Gasteiger charge is -2.33. The fourth-order valence-corrected chi connectivity index (χ4v) is 3.98. The second-order valence-electron chi connectivity index (χ2n) is 6.56. The van der Waals surface area contributed by atoms with Crippen molar-refractivity contribution in [3.05, 3.63) is 64.0 Å². The summed E-state index contributed by atoms with van der Waals surface area (Å²) in [4.78, 5) is 7.04. The molecule has 1 aromatic carbocycles. The number of aryl methyl sites for hydroxylation is 1. The second kappa shape index (κ2) is 6.65. The first-order valence-electron chi connectivity index (χ1n) is 8.48. The smallest absolute Gasteiger partial charge is 0.169 e. The van der Waals surface area contributed by atoms with Crippen molar-refractivity contribution >= 4 is 21.6 Å². The molecule has 24 heavy (non-hydrogen) atoms. The number of nitrogens with zero attached hydrogens (tertiary/aromatic N) is 4. The van der Waals surface area contributed by atoms with Crippen LogP contribution in [-0.4, -0.2) is 32.6 Å². The van der Waals surface area contributed by atoms with Crippen LogP contribution in [0.15, 0.2) is 47.1 Å². The largest absolute Gasteiger partial charge is 0.298 e. The number of likely N-dealkylation sites (tertiary alicyclic amines) is 1. The van der Waals surface area contributed by atoms with Crippen molar-refractivity contribution in [3.63, 3.8) is 0 Å². The van der Waals surface area contributed by atoms with Crippen molar-refractivity contribution in [2.75, 3.05) is 13.1 Å². The molecule has 2 aromatic heterocycles. The zero-order valence-corrected chi connectivity index (χ0v) is 15.4. The number of aromatic nitrogens is 3. The topological polar surface area (TPSA) is 33.4 Å². The molecule has 1 fully saturated rings. The molecular weight excluding hydrogens is 364 g/mol. The van der Waals surface area contributed by atoms with Crippen LogP contribution in [0.5, 0.6) is 0 Å². The summed E-state index contributed by atoms with van der Waals surface area (Å²) >= 11 is 3.61. The normalized spacial score (nSPS) is 19.0. The maximum atomic E-state index is 4.69. The summed E-state index contributed by atoms with van der Waals surface area (Å²) in [7, 11) is 0. The highest BCUT2D eigenvalue weighted by Crippen LogP contribution is 2.30. The average Bonchev–Trinajstić information content (AvgIpc) is 2.91. The van der Waals surface area contributed by atoms with E-state index in [0.29, 0.717) is 5.92 Å². The third kappa shape index (κ3) is 2.98. The first-order chi connectivity index (χ1) is 11.7. The molecule has 3 heterocycles. The van der Waals surface area contributed by atoms with E-state index in [-0.39, 0.29) is 0 Å². The van der Waals surface area contributed by atoms with Gasteiger partial charge in [-0.25, -0.2) is 9.50 Å². The van der Waals surface area contributed by atoms with Crippen molar-refractivity contribution < 1.29 is 0 Å². The van der Waals surface area contributed by atoms with Gasteiger partial charge in [-0.15, -0.1) is 0 Å². The minimum Gasteiger partial charge on any atom is -0.298 e. The van der Waals surface area contributed by atoms with Crippen LogP contribution in [0.3, 0.4) is 0 Å². The molecule has 4 rings (SSSR count). The molecule has 1 aliphatic rings. The Morgan fingerprint density at radius 3 is 2.88 bits per heavy atom. The molecule has 1 unspecified atom stereocenters. The molecule has 1 aliphatic heterocycles. The summed E-state index contributed by atoms with van der Waals surface area (Å²) in [5, 5.41) is 4.69. The predicted molar refractivity (Wildman–Crippen MR) is 99.1 cm³/mol. The van der Waals surface area contributed by atoms with Crippen molar-refractivity contribution in [1.82, 2.24) is 19.5 Å². The van der Waals surface area contributed by atoms with Gasteiger partial charge >= 0.3 is 0 Å². The molecule has 5 heteroatoms. The van der Waals surface area contributed by atoms with Crippen LogP contribution in [0.2, 0.25) is 0 Å². The van der Waals surface area contributed by atoms with Crippen LogP contribution in [0.4, 0.5) is 0 Å². The Labute approximate surface area is 150 Å². The molecular formula is C19H21BrN4. The zero-order valence-electron chi connectivity index (χ0n) is 13.8.